The van der Waals surface area contributed by atoms with Gasteiger partial charge < -0.3 is 0 Å². The van der Waals surface area contributed by atoms with Gasteiger partial charge in [-0.1, -0.05) is 115 Å². The monoisotopic (exact) mass is 496 g/mol. The SMILES string of the molecule is ClC1=CC=C(c2cccc(-c3nc(-c4ccccc4)cc(-c4cccc(-c5ccccc5)c4)n3)c2)CC1. The van der Waals surface area contributed by atoms with Gasteiger partial charge in [0, 0.05) is 21.7 Å². The lowest BCUT2D eigenvalue weighted by molar-refractivity contribution is 1.03. The van der Waals surface area contributed by atoms with Crippen molar-refractivity contribution in [1.29, 1.82) is 0 Å². The van der Waals surface area contributed by atoms with Crippen molar-refractivity contribution in [3.05, 3.63) is 138 Å². The maximum atomic E-state index is 6.19. The molecule has 0 radical (unpaired) electrons. The molecule has 0 saturated heterocycles. The molecule has 0 bridgehead atoms. The molecule has 1 aliphatic rings. The number of benzene rings is 4. The maximum absolute atomic E-state index is 6.19. The van der Waals surface area contributed by atoms with Crippen LogP contribution in [0.25, 0.3) is 50.6 Å². The summed E-state index contributed by atoms with van der Waals surface area (Å²) in [5.41, 5.74) is 9.74. The van der Waals surface area contributed by atoms with E-state index in [9.17, 15) is 0 Å². The van der Waals surface area contributed by atoms with Crippen molar-refractivity contribution in [3.63, 3.8) is 0 Å². The van der Waals surface area contributed by atoms with Crippen LogP contribution in [0.5, 0.6) is 0 Å². The molecular weight excluding hydrogens is 472 g/mol. The van der Waals surface area contributed by atoms with Gasteiger partial charge in [-0.15, -0.1) is 0 Å². The Morgan fingerprint density at radius 1 is 0.459 bits per heavy atom. The molecule has 4 aromatic carbocycles. The predicted molar refractivity (Wildman–Crippen MR) is 155 cm³/mol. The minimum atomic E-state index is 0.716. The zero-order chi connectivity index (χ0) is 25.0. The van der Waals surface area contributed by atoms with Gasteiger partial charge in [0.1, 0.15) is 0 Å². The molecular formula is C34H25ClN2. The van der Waals surface area contributed by atoms with Gasteiger partial charge in [-0.25, -0.2) is 9.97 Å². The van der Waals surface area contributed by atoms with Crippen molar-refractivity contribution in [2.45, 2.75) is 12.8 Å². The van der Waals surface area contributed by atoms with E-state index < -0.39 is 0 Å². The molecule has 0 unspecified atom stereocenters. The van der Waals surface area contributed by atoms with E-state index in [0.717, 1.165) is 51.5 Å². The fourth-order valence-corrected chi connectivity index (χ4v) is 4.84. The Morgan fingerprint density at radius 3 is 1.73 bits per heavy atom. The minimum Gasteiger partial charge on any atom is -0.228 e. The maximum Gasteiger partial charge on any atom is 0.160 e. The number of allylic oxidation sites excluding steroid dienone is 4. The molecule has 0 aliphatic heterocycles. The highest BCUT2D eigenvalue weighted by Crippen LogP contribution is 2.33. The summed E-state index contributed by atoms with van der Waals surface area (Å²) in [7, 11) is 0. The molecule has 178 valence electrons. The zero-order valence-corrected chi connectivity index (χ0v) is 21.1. The molecule has 2 nitrogen and oxygen atoms in total. The fraction of sp³-hybridized carbons (Fsp3) is 0.0588. The van der Waals surface area contributed by atoms with E-state index in [4.69, 9.17) is 21.6 Å². The van der Waals surface area contributed by atoms with E-state index in [1.54, 1.807) is 0 Å². The second kappa shape index (κ2) is 10.4. The summed E-state index contributed by atoms with van der Waals surface area (Å²) >= 11 is 6.19. The highest BCUT2D eigenvalue weighted by atomic mass is 35.5. The van der Waals surface area contributed by atoms with Crippen molar-refractivity contribution in [2.24, 2.45) is 0 Å². The van der Waals surface area contributed by atoms with Crippen LogP contribution in [-0.4, -0.2) is 9.97 Å². The van der Waals surface area contributed by atoms with Gasteiger partial charge in [-0.3, -0.25) is 0 Å². The van der Waals surface area contributed by atoms with Gasteiger partial charge in [0.2, 0.25) is 0 Å². The molecule has 5 aromatic rings. The summed E-state index contributed by atoms with van der Waals surface area (Å²) in [6.45, 7) is 0. The average molecular weight is 497 g/mol. The van der Waals surface area contributed by atoms with E-state index in [-0.39, 0.29) is 0 Å². The van der Waals surface area contributed by atoms with Gasteiger partial charge in [0.05, 0.1) is 11.4 Å². The zero-order valence-electron chi connectivity index (χ0n) is 20.3. The van der Waals surface area contributed by atoms with Gasteiger partial charge in [0.15, 0.2) is 5.82 Å². The standard InChI is InChI=1S/C34H25ClN2/c35-31-19-17-25(18-20-31)28-14-8-16-30(22-28)34-36-32(26-11-5-2-6-12-26)23-33(37-34)29-15-7-13-27(21-29)24-9-3-1-4-10-24/h1-17,19,21-23H,18,20H2. The third-order valence-electron chi connectivity index (χ3n) is 6.65. The quantitative estimate of drug-likeness (QED) is 0.242. The first kappa shape index (κ1) is 23.1. The van der Waals surface area contributed by atoms with E-state index in [1.807, 2.05) is 30.3 Å². The van der Waals surface area contributed by atoms with Crippen LogP contribution in [0.15, 0.2) is 132 Å². The Bertz CT molecular complexity index is 1620. The van der Waals surface area contributed by atoms with E-state index in [1.165, 1.54) is 16.7 Å². The van der Waals surface area contributed by atoms with Crippen LogP contribution in [0.1, 0.15) is 18.4 Å². The summed E-state index contributed by atoms with van der Waals surface area (Å²) in [5, 5.41) is 0.904. The first-order valence-corrected chi connectivity index (χ1v) is 12.9. The normalized spacial score (nSPS) is 13.1. The van der Waals surface area contributed by atoms with Crippen molar-refractivity contribution in [2.75, 3.05) is 0 Å². The molecule has 0 fully saturated rings. The summed E-state index contributed by atoms with van der Waals surface area (Å²) in [6, 6.07) is 39.9. The summed E-state index contributed by atoms with van der Waals surface area (Å²) in [4.78, 5) is 10.1. The van der Waals surface area contributed by atoms with Crippen LogP contribution < -0.4 is 0 Å². The first-order chi connectivity index (χ1) is 18.2. The summed E-state index contributed by atoms with van der Waals surface area (Å²) in [5.74, 6) is 0.716. The Hall–Kier alpha value is -4.27. The fourth-order valence-electron chi connectivity index (χ4n) is 4.68. The van der Waals surface area contributed by atoms with E-state index in [2.05, 4.69) is 97.1 Å². The third-order valence-corrected chi connectivity index (χ3v) is 6.97. The Morgan fingerprint density at radius 2 is 1.03 bits per heavy atom. The van der Waals surface area contributed by atoms with E-state index >= 15 is 0 Å². The van der Waals surface area contributed by atoms with Crippen LogP contribution in [0.3, 0.4) is 0 Å². The molecule has 37 heavy (non-hydrogen) atoms. The van der Waals surface area contributed by atoms with Gasteiger partial charge >= 0.3 is 0 Å². The summed E-state index contributed by atoms with van der Waals surface area (Å²) < 4.78 is 0. The molecule has 6 rings (SSSR count). The lowest BCUT2D eigenvalue weighted by Gasteiger charge is -2.13. The van der Waals surface area contributed by atoms with Crippen LogP contribution in [0.2, 0.25) is 0 Å². The number of nitrogens with zero attached hydrogens (tertiary/aromatic N) is 2. The average Bonchev–Trinajstić information content (AvgIpc) is 2.98. The lowest BCUT2D eigenvalue weighted by Crippen LogP contribution is -1.97. The van der Waals surface area contributed by atoms with Crippen molar-refractivity contribution in [3.8, 4) is 45.0 Å². The van der Waals surface area contributed by atoms with Crippen molar-refractivity contribution < 1.29 is 0 Å². The number of aromatic nitrogens is 2. The van der Waals surface area contributed by atoms with Gasteiger partial charge in [-0.05, 0) is 59.4 Å². The number of hydrogen-bond donors (Lipinski definition) is 0. The Kier molecular flexibility index (Phi) is 6.49. The third kappa shape index (κ3) is 5.16. The van der Waals surface area contributed by atoms with Crippen LogP contribution >= 0.6 is 11.6 Å². The van der Waals surface area contributed by atoms with Crippen molar-refractivity contribution in [1.82, 2.24) is 9.97 Å². The molecule has 0 spiro atoms. The number of rotatable bonds is 5. The number of hydrogen-bond acceptors (Lipinski definition) is 2. The predicted octanol–water partition coefficient (Wildman–Crippen LogP) is 9.44. The Balaban J connectivity index is 1.47. The van der Waals surface area contributed by atoms with Crippen LogP contribution in [0, 0.1) is 0 Å². The second-order valence-corrected chi connectivity index (χ2v) is 9.65. The smallest absolute Gasteiger partial charge is 0.160 e. The molecule has 3 heteroatoms. The van der Waals surface area contributed by atoms with Crippen LogP contribution in [-0.2, 0) is 0 Å². The minimum absolute atomic E-state index is 0.716. The molecule has 0 N–H and O–H groups in total. The first-order valence-electron chi connectivity index (χ1n) is 12.5. The largest absolute Gasteiger partial charge is 0.228 e. The summed E-state index contributed by atoms with van der Waals surface area (Å²) in [6.07, 6.45) is 5.92. The molecule has 1 aromatic heterocycles. The number of halogens is 1. The molecule has 0 amide bonds. The highest BCUT2D eigenvalue weighted by Gasteiger charge is 2.13. The molecule has 0 saturated carbocycles. The highest BCUT2D eigenvalue weighted by molar-refractivity contribution is 6.29. The Labute approximate surface area is 222 Å². The van der Waals surface area contributed by atoms with Gasteiger partial charge in [0.25, 0.3) is 0 Å². The molecule has 0 atom stereocenters. The topological polar surface area (TPSA) is 25.8 Å². The van der Waals surface area contributed by atoms with Crippen molar-refractivity contribution >= 4 is 17.2 Å². The van der Waals surface area contributed by atoms with Crippen LogP contribution in [0.4, 0.5) is 0 Å². The molecule has 1 heterocycles. The van der Waals surface area contributed by atoms with Gasteiger partial charge in [-0.2, -0.15) is 0 Å². The molecule has 1 aliphatic carbocycles. The second-order valence-electron chi connectivity index (χ2n) is 9.16. The van der Waals surface area contributed by atoms with E-state index in [0.29, 0.717) is 5.82 Å². The lowest BCUT2D eigenvalue weighted by atomic mass is 9.95.